The molecule has 1 N–H and O–H groups in total. The molecule has 0 radical (unpaired) electrons. The van der Waals surface area contributed by atoms with Crippen LogP contribution in [-0.2, 0) is 24.3 Å². The van der Waals surface area contributed by atoms with Gasteiger partial charge < -0.3 is 10.1 Å². The molecule has 0 saturated carbocycles. The van der Waals surface area contributed by atoms with E-state index in [1.54, 1.807) is 0 Å². The SMILES string of the molecule is O=C(OCc1ccccc1)n1nc(-c2ccccc2)c2c1CCNC2. The third-order valence-corrected chi connectivity index (χ3v) is 4.36. The summed E-state index contributed by atoms with van der Waals surface area (Å²) in [6.07, 6.45) is 0.333. The van der Waals surface area contributed by atoms with Gasteiger partial charge in [-0.15, -0.1) is 0 Å². The molecule has 1 aliphatic heterocycles. The van der Waals surface area contributed by atoms with Crippen molar-refractivity contribution in [2.45, 2.75) is 19.6 Å². The van der Waals surface area contributed by atoms with Crippen LogP contribution in [0.4, 0.5) is 4.79 Å². The first-order chi connectivity index (χ1) is 12.3. The number of fused-ring (bicyclic) bond motifs is 1. The molecule has 0 spiro atoms. The number of benzene rings is 2. The average Bonchev–Trinajstić information content (AvgIpc) is 3.07. The Hall–Kier alpha value is -2.92. The first-order valence-electron chi connectivity index (χ1n) is 8.41. The molecule has 0 fully saturated rings. The topological polar surface area (TPSA) is 56.2 Å². The molecule has 0 unspecified atom stereocenters. The third-order valence-electron chi connectivity index (χ3n) is 4.36. The van der Waals surface area contributed by atoms with Crippen LogP contribution in [0.5, 0.6) is 0 Å². The number of hydrogen-bond acceptors (Lipinski definition) is 4. The molecule has 25 heavy (non-hydrogen) atoms. The lowest BCUT2D eigenvalue weighted by Crippen LogP contribution is -2.27. The van der Waals surface area contributed by atoms with Crippen LogP contribution in [-0.4, -0.2) is 22.4 Å². The zero-order valence-corrected chi connectivity index (χ0v) is 13.8. The maximum Gasteiger partial charge on any atom is 0.435 e. The van der Waals surface area contributed by atoms with Gasteiger partial charge in [0.05, 0.1) is 11.4 Å². The van der Waals surface area contributed by atoms with Gasteiger partial charge in [0.25, 0.3) is 0 Å². The smallest absolute Gasteiger partial charge is 0.435 e. The Labute approximate surface area is 146 Å². The minimum atomic E-state index is -0.427. The summed E-state index contributed by atoms with van der Waals surface area (Å²) in [5.41, 5.74) is 4.84. The van der Waals surface area contributed by atoms with Gasteiger partial charge in [-0.25, -0.2) is 4.79 Å². The van der Waals surface area contributed by atoms with E-state index in [1.165, 1.54) is 4.68 Å². The van der Waals surface area contributed by atoms with Crippen molar-refractivity contribution in [2.75, 3.05) is 6.54 Å². The summed E-state index contributed by atoms with van der Waals surface area (Å²) in [5.74, 6) is 0. The third kappa shape index (κ3) is 3.19. The maximum atomic E-state index is 12.6. The lowest BCUT2D eigenvalue weighted by atomic mass is 10.0. The Kier molecular flexibility index (Phi) is 4.31. The number of hydrogen-bond donors (Lipinski definition) is 1. The van der Waals surface area contributed by atoms with Gasteiger partial charge >= 0.3 is 6.09 Å². The Bertz CT molecular complexity index is 873. The maximum absolute atomic E-state index is 12.6. The van der Waals surface area contributed by atoms with Crippen LogP contribution in [0.15, 0.2) is 60.7 Å². The molecule has 3 aromatic rings. The Morgan fingerprint density at radius 2 is 1.80 bits per heavy atom. The fraction of sp³-hybridized carbons (Fsp3) is 0.200. The van der Waals surface area contributed by atoms with Crippen LogP contribution in [0.25, 0.3) is 11.3 Å². The van der Waals surface area contributed by atoms with Crippen molar-refractivity contribution >= 4 is 6.09 Å². The highest BCUT2D eigenvalue weighted by atomic mass is 16.6. The molecule has 5 heteroatoms. The summed E-state index contributed by atoms with van der Waals surface area (Å²) in [7, 11) is 0. The molecule has 2 heterocycles. The summed E-state index contributed by atoms with van der Waals surface area (Å²) in [5, 5.41) is 7.93. The quantitative estimate of drug-likeness (QED) is 0.798. The van der Waals surface area contributed by atoms with Crippen molar-refractivity contribution < 1.29 is 9.53 Å². The normalized spacial score (nSPS) is 13.3. The van der Waals surface area contributed by atoms with E-state index in [4.69, 9.17) is 4.74 Å². The van der Waals surface area contributed by atoms with E-state index in [0.717, 1.165) is 41.0 Å². The van der Waals surface area contributed by atoms with Gasteiger partial charge in [0.2, 0.25) is 0 Å². The molecule has 0 atom stereocenters. The molecular formula is C20H19N3O2. The molecule has 0 amide bonds. The standard InChI is InChI=1S/C20H19N3O2/c24-20(25-14-15-7-3-1-4-8-15)23-18-11-12-21-13-17(18)19(22-23)16-9-5-2-6-10-16/h1-10,21H,11-14H2. The monoisotopic (exact) mass is 333 g/mol. The van der Waals surface area contributed by atoms with E-state index >= 15 is 0 Å². The van der Waals surface area contributed by atoms with Crippen LogP contribution in [0.3, 0.4) is 0 Å². The number of nitrogens with zero attached hydrogens (tertiary/aromatic N) is 2. The van der Waals surface area contributed by atoms with Gasteiger partial charge in [-0.3, -0.25) is 0 Å². The molecule has 0 aliphatic carbocycles. The van der Waals surface area contributed by atoms with Crippen molar-refractivity contribution in [3.8, 4) is 11.3 Å². The fourth-order valence-corrected chi connectivity index (χ4v) is 3.11. The van der Waals surface area contributed by atoms with E-state index < -0.39 is 6.09 Å². The predicted octanol–water partition coefficient (Wildman–Crippen LogP) is 3.38. The number of carbonyl (C=O) groups is 1. The first-order valence-corrected chi connectivity index (χ1v) is 8.41. The van der Waals surface area contributed by atoms with Crippen molar-refractivity contribution in [1.29, 1.82) is 0 Å². The largest absolute Gasteiger partial charge is 0.443 e. The first kappa shape index (κ1) is 15.6. The van der Waals surface area contributed by atoms with Crippen molar-refractivity contribution in [3.05, 3.63) is 77.5 Å². The molecular weight excluding hydrogens is 314 g/mol. The minimum Gasteiger partial charge on any atom is -0.443 e. The van der Waals surface area contributed by atoms with Crippen molar-refractivity contribution in [1.82, 2.24) is 15.1 Å². The number of ether oxygens (including phenoxy) is 1. The Morgan fingerprint density at radius 1 is 1.08 bits per heavy atom. The molecule has 1 aromatic heterocycles. The van der Waals surface area contributed by atoms with Crippen LogP contribution in [0.2, 0.25) is 0 Å². The van der Waals surface area contributed by atoms with E-state index in [1.807, 2.05) is 60.7 Å². The molecule has 0 bridgehead atoms. The zero-order chi connectivity index (χ0) is 17.1. The second kappa shape index (κ2) is 6.91. The Balaban J connectivity index is 1.63. The Morgan fingerprint density at radius 3 is 2.56 bits per heavy atom. The summed E-state index contributed by atoms with van der Waals surface area (Å²) in [4.78, 5) is 12.6. The zero-order valence-electron chi connectivity index (χ0n) is 13.8. The van der Waals surface area contributed by atoms with Crippen LogP contribution in [0.1, 0.15) is 16.8 Å². The van der Waals surface area contributed by atoms with Gasteiger partial charge in [0, 0.05) is 30.6 Å². The number of nitrogens with one attached hydrogen (secondary N) is 1. The van der Waals surface area contributed by atoms with Gasteiger partial charge in [-0.05, 0) is 5.56 Å². The van der Waals surface area contributed by atoms with E-state index in [2.05, 4.69) is 10.4 Å². The highest BCUT2D eigenvalue weighted by Crippen LogP contribution is 2.27. The van der Waals surface area contributed by atoms with Crippen molar-refractivity contribution in [3.63, 3.8) is 0 Å². The molecule has 5 nitrogen and oxygen atoms in total. The van der Waals surface area contributed by atoms with Crippen LogP contribution < -0.4 is 5.32 Å². The molecule has 0 saturated heterocycles. The second-order valence-electron chi connectivity index (χ2n) is 6.02. The van der Waals surface area contributed by atoms with Crippen LogP contribution in [0, 0.1) is 0 Å². The van der Waals surface area contributed by atoms with Gasteiger partial charge in [-0.1, -0.05) is 60.7 Å². The van der Waals surface area contributed by atoms with Gasteiger partial charge in [0.15, 0.2) is 0 Å². The predicted molar refractivity (Wildman–Crippen MR) is 95.1 cm³/mol. The summed E-state index contributed by atoms with van der Waals surface area (Å²) in [6, 6.07) is 19.6. The van der Waals surface area contributed by atoms with Gasteiger partial charge in [-0.2, -0.15) is 9.78 Å². The highest BCUT2D eigenvalue weighted by Gasteiger charge is 2.25. The lowest BCUT2D eigenvalue weighted by Gasteiger charge is -2.15. The fourth-order valence-electron chi connectivity index (χ4n) is 3.11. The highest BCUT2D eigenvalue weighted by molar-refractivity contribution is 5.74. The summed E-state index contributed by atoms with van der Waals surface area (Å²) < 4.78 is 6.90. The summed E-state index contributed by atoms with van der Waals surface area (Å²) in [6.45, 7) is 1.79. The minimum absolute atomic E-state index is 0.243. The van der Waals surface area contributed by atoms with E-state index in [9.17, 15) is 4.79 Å². The molecule has 4 rings (SSSR count). The van der Waals surface area contributed by atoms with Gasteiger partial charge in [0.1, 0.15) is 6.61 Å². The summed E-state index contributed by atoms with van der Waals surface area (Å²) >= 11 is 0. The molecule has 1 aliphatic rings. The lowest BCUT2D eigenvalue weighted by molar-refractivity contribution is 0.137. The number of carbonyl (C=O) groups excluding carboxylic acids is 1. The molecule has 2 aromatic carbocycles. The number of rotatable bonds is 3. The molecule has 126 valence electrons. The second-order valence-corrected chi connectivity index (χ2v) is 6.02. The van der Waals surface area contributed by atoms with E-state index in [-0.39, 0.29) is 6.61 Å². The van der Waals surface area contributed by atoms with Crippen LogP contribution >= 0.6 is 0 Å². The number of aromatic nitrogens is 2. The average molecular weight is 333 g/mol. The van der Waals surface area contributed by atoms with Crippen molar-refractivity contribution in [2.24, 2.45) is 0 Å². The van der Waals surface area contributed by atoms with E-state index in [0.29, 0.717) is 6.54 Å².